The summed E-state index contributed by atoms with van der Waals surface area (Å²) in [5, 5.41) is 13.4. The number of hydrogen-bond donors (Lipinski definition) is 1. The molecule has 2 rings (SSSR count). The Morgan fingerprint density at radius 3 is 2.88 bits per heavy atom. The molecule has 1 aromatic carbocycles. The SMILES string of the molecule is Cc1c(Cl)cccc1NC1CCCCC1C#N. The Balaban J connectivity index is 2.14. The van der Waals surface area contributed by atoms with Crippen molar-refractivity contribution in [2.45, 2.75) is 38.6 Å². The van der Waals surface area contributed by atoms with Crippen molar-refractivity contribution in [1.29, 1.82) is 5.26 Å². The Labute approximate surface area is 108 Å². The Hall–Kier alpha value is -1.20. The molecule has 1 N–H and O–H groups in total. The van der Waals surface area contributed by atoms with Crippen LogP contribution in [0.2, 0.25) is 5.02 Å². The summed E-state index contributed by atoms with van der Waals surface area (Å²) in [6.45, 7) is 2.01. The summed E-state index contributed by atoms with van der Waals surface area (Å²) in [4.78, 5) is 0. The molecule has 0 heterocycles. The molecule has 0 spiro atoms. The first-order chi connectivity index (χ1) is 8.22. The number of nitrogens with zero attached hydrogens (tertiary/aromatic N) is 1. The zero-order valence-corrected chi connectivity index (χ0v) is 10.8. The number of halogens is 1. The minimum absolute atomic E-state index is 0.127. The molecule has 90 valence electrons. The van der Waals surface area contributed by atoms with Gasteiger partial charge in [-0.05, 0) is 37.5 Å². The van der Waals surface area contributed by atoms with E-state index in [1.807, 2.05) is 25.1 Å². The van der Waals surface area contributed by atoms with E-state index in [-0.39, 0.29) is 12.0 Å². The van der Waals surface area contributed by atoms with Crippen molar-refractivity contribution in [3.05, 3.63) is 28.8 Å². The third-order valence-corrected chi connectivity index (χ3v) is 3.95. The summed E-state index contributed by atoms with van der Waals surface area (Å²) >= 11 is 6.10. The molecule has 2 atom stereocenters. The Morgan fingerprint density at radius 2 is 2.12 bits per heavy atom. The smallest absolute Gasteiger partial charge is 0.0677 e. The normalized spacial score (nSPS) is 24.1. The van der Waals surface area contributed by atoms with E-state index < -0.39 is 0 Å². The topological polar surface area (TPSA) is 35.8 Å². The van der Waals surface area contributed by atoms with Gasteiger partial charge in [0.1, 0.15) is 0 Å². The van der Waals surface area contributed by atoms with Crippen LogP contribution in [-0.4, -0.2) is 6.04 Å². The highest BCUT2D eigenvalue weighted by Gasteiger charge is 2.25. The average Bonchev–Trinajstić information content (AvgIpc) is 2.35. The minimum Gasteiger partial charge on any atom is -0.381 e. The van der Waals surface area contributed by atoms with Gasteiger partial charge in [0.2, 0.25) is 0 Å². The van der Waals surface area contributed by atoms with Crippen LogP contribution in [0, 0.1) is 24.2 Å². The van der Waals surface area contributed by atoms with Crippen LogP contribution in [0.4, 0.5) is 5.69 Å². The van der Waals surface area contributed by atoms with Gasteiger partial charge in [0, 0.05) is 16.8 Å². The third-order valence-electron chi connectivity index (χ3n) is 3.54. The van der Waals surface area contributed by atoms with E-state index >= 15 is 0 Å². The van der Waals surface area contributed by atoms with E-state index in [0.717, 1.165) is 29.1 Å². The van der Waals surface area contributed by atoms with E-state index in [1.54, 1.807) is 0 Å². The van der Waals surface area contributed by atoms with Gasteiger partial charge in [0.25, 0.3) is 0 Å². The summed E-state index contributed by atoms with van der Waals surface area (Å²) in [7, 11) is 0. The summed E-state index contributed by atoms with van der Waals surface area (Å²) in [5.74, 6) is 0.127. The fourth-order valence-corrected chi connectivity index (χ4v) is 2.60. The Bertz CT molecular complexity index is 436. The van der Waals surface area contributed by atoms with Crippen molar-refractivity contribution < 1.29 is 0 Å². The summed E-state index contributed by atoms with van der Waals surface area (Å²) in [5.41, 5.74) is 2.13. The van der Waals surface area contributed by atoms with Crippen LogP contribution in [0.5, 0.6) is 0 Å². The molecule has 3 heteroatoms. The molecule has 1 saturated carbocycles. The average molecular weight is 249 g/mol. The molecule has 0 aliphatic heterocycles. The molecule has 0 bridgehead atoms. The zero-order chi connectivity index (χ0) is 12.3. The van der Waals surface area contributed by atoms with Gasteiger partial charge < -0.3 is 5.32 Å². The van der Waals surface area contributed by atoms with Gasteiger partial charge in [0.15, 0.2) is 0 Å². The fourth-order valence-electron chi connectivity index (χ4n) is 2.42. The van der Waals surface area contributed by atoms with E-state index in [2.05, 4.69) is 11.4 Å². The Morgan fingerprint density at radius 1 is 1.35 bits per heavy atom. The predicted molar refractivity (Wildman–Crippen MR) is 71.2 cm³/mol. The first-order valence-corrected chi connectivity index (χ1v) is 6.51. The number of rotatable bonds is 2. The molecule has 1 aliphatic rings. The molecule has 17 heavy (non-hydrogen) atoms. The highest BCUT2D eigenvalue weighted by molar-refractivity contribution is 6.31. The standard InChI is InChI=1S/C14H17ClN2/c1-10-12(15)6-4-8-13(10)17-14-7-3-2-5-11(14)9-16/h4,6,8,11,14,17H,2-3,5,7H2,1H3. The first kappa shape index (κ1) is 12.3. The zero-order valence-electron chi connectivity index (χ0n) is 10.0. The molecule has 1 aliphatic carbocycles. The largest absolute Gasteiger partial charge is 0.381 e. The summed E-state index contributed by atoms with van der Waals surface area (Å²) in [6.07, 6.45) is 4.46. The van der Waals surface area contributed by atoms with Gasteiger partial charge in [-0.2, -0.15) is 5.26 Å². The van der Waals surface area contributed by atoms with E-state index in [9.17, 15) is 0 Å². The maximum atomic E-state index is 9.15. The fraction of sp³-hybridized carbons (Fsp3) is 0.500. The maximum absolute atomic E-state index is 9.15. The lowest BCUT2D eigenvalue weighted by atomic mass is 9.85. The molecule has 0 aromatic heterocycles. The van der Waals surface area contributed by atoms with Crippen LogP contribution in [0.3, 0.4) is 0 Å². The number of nitriles is 1. The van der Waals surface area contributed by atoms with Crippen molar-refractivity contribution in [2.75, 3.05) is 5.32 Å². The van der Waals surface area contributed by atoms with E-state index in [1.165, 1.54) is 12.8 Å². The second-order valence-corrected chi connectivity index (χ2v) is 5.09. The lowest BCUT2D eigenvalue weighted by molar-refractivity contribution is 0.388. The maximum Gasteiger partial charge on any atom is 0.0677 e. The molecule has 1 aromatic rings. The molecule has 0 saturated heterocycles. The van der Waals surface area contributed by atoms with Crippen molar-refractivity contribution in [1.82, 2.24) is 0 Å². The first-order valence-electron chi connectivity index (χ1n) is 6.13. The number of benzene rings is 1. The molecule has 0 radical (unpaired) electrons. The number of anilines is 1. The van der Waals surface area contributed by atoms with Crippen molar-refractivity contribution in [3.8, 4) is 6.07 Å². The van der Waals surface area contributed by atoms with Gasteiger partial charge in [-0.15, -0.1) is 0 Å². The van der Waals surface area contributed by atoms with Gasteiger partial charge in [-0.25, -0.2) is 0 Å². The lowest BCUT2D eigenvalue weighted by Crippen LogP contribution is -2.31. The van der Waals surface area contributed by atoms with Crippen molar-refractivity contribution >= 4 is 17.3 Å². The second kappa shape index (κ2) is 5.42. The molecule has 1 fully saturated rings. The van der Waals surface area contributed by atoms with Crippen molar-refractivity contribution in [3.63, 3.8) is 0 Å². The van der Waals surface area contributed by atoms with Gasteiger partial charge in [-0.3, -0.25) is 0 Å². The molecule has 2 unspecified atom stereocenters. The second-order valence-electron chi connectivity index (χ2n) is 4.68. The van der Waals surface area contributed by atoms with Crippen LogP contribution in [0.25, 0.3) is 0 Å². The van der Waals surface area contributed by atoms with E-state index in [4.69, 9.17) is 16.9 Å². The van der Waals surface area contributed by atoms with Crippen LogP contribution in [0.1, 0.15) is 31.2 Å². The predicted octanol–water partition coefficient (Wildman–Crippen LogP) is 4.14. The summed E-state index contributed by atoms with van der Waals surface area (Å²) in [6, 6.07) is 8.55. The van der Waals surface area contributed by atoms with Gasteiger partial charge in [-0.1, -0.05) is 30.5 Å². The number of nitrogens with one attached hydrogen (secondary N) is 1. The molecule has 0 amide bonds. The number of hydrogen-bond acceptors (Lipinski definition) is 2. The minimum atomic E-state index is 0.127. The van der Waals surface area contributed by atoms with Crippen LogP contribution in [-0.2, 0) is 0 Å². The monoisotopic (exact) mass is 248 g/mol. The quantitative estimate of drug-likeness (QED) is 0.854. The van der Waals surface area contributed by atoms with Crippen molar-refractivity contribution in [2.24, 2.45) is 5.92 Å². The molecular formula is C14H17ClN2. The Kier molecular flexibility index (Phi) is 3.91. The lowest BCUT2D eigenvalue weighted by Gasteiger charge is -2.29. The summed E-state index contributed by atoms with van der Waals surface area (Å²) < 4.78 is 0. The van der Waals surface area contributed by atoms with Crippen LogP contribution < -0.4 is 5.32 Å². The van der Waals surface area contributed by atoms with E-state index in [0.29, 0.717) is 0 Å². The van der Waals surface area contributed by atoms with Gasteiger partial charge >= 0.3 is 0 Å². The molecule has 2 nitrogen and oxygen atoms in total. The highest BCUT2D eigenvalue weighted by atomic mass is 35.5. The molecular weight excluding hydrogens is 232 g/mol. The van der Waals surface area contributed by atoms with Gasteiger partial charge in [0.05, 0.1) is 12.0 Å². The van der Waals surface area contributed by atoms with Crippen LogP contribution in [0.15, 0.2) is 18.2 Å². The highest BCUT2D eigenvalue weighted by Crippen LogP contribution is 2.29. The van der Waals surface area contributed by atoms with Crippen LogP contribution >= 0.6 is 11.6 Å². The third kappa shape index (κ3) is 2.73.